The zero-order valence-electron chi connectivity index (χ0n) is 11.4. The first kappa shape index (κ1) is 14.2. The number of amidine groups is 1. The lowest BCUT2D eigenvalue weighted by Crippen LogP contribution is -2.43. The fourth-order valence-electron chi connectivity index (χ4n) is 2.66. The maximum Gasteiger partial charge on any atom is 0.243 e. The molecule has 0 amide bonds. The minimum absolute atomic E-state index is 0.117. The van der Waals surface area contributed by atoms with E-state index < -0.39 is 16.1 Å². The molecule has 7 nitrogen and oxygen atoms in total. The van der Waals surface area contributed by atoms with Gasteiger partial charge in [-0.1, -0.05) is 0 Å². The normalized spacial score (nSPS) is 22.2. The Kier molecular flexibility index (Phi) is 3.50. The maximum absolute atomic E-state index is 12.7. The second-order valence-corrected chi connectivity index (χ2v) is 6.93. The molecule has 1 aromatic rings. The highest BCUT2D eigenvalue weighted by Gasteiger charge is 2.37. The summed E-state index contributed by atoms with van der Waals surface area (Å²) in [5.41, 5.74) is 5.51. The van der Waals surface area contributed by atoms with Crippen LogP contribution in [-0.4, -0.2) is 44.4 Å². The van der Waals surface area contributed by atoms with E-state index in [9.17, 15) is 8.42 Å². The van der Waals surface area contributed by atoms with Crippen molar-refractivity contribution in [2.75, 3.05) is 19.8 Å². The Morgan fingerprint density at radius 3 is 2.71 bits per heavy atom. The first-order valence-electron chi connectivity index (χ1n) is 6.75. The summed E-state index contributed by atoms with van der Waals surface area (Å²) in [6.07, 6.45) is 1.28. The van der Waals surface area contributed by atoms with Crippen LogP contribution in [0.15, 0.2) is 23.1 Å². The van der Waals surface area contributed by atoms with E-state index in [1.165, 1.54) is 16.4 Å². The first-order chi connectivity index (χ1) is 10.00. The Hall–Kier alpha value is -1.80. The molecule has 1 saturated heterocycles. The van der Waals surface area contributed by atoms with Crippen LogP contribution in [0, 0.1) is 5.41 Å². The van der Waals surface area contributed by atoms with Crippen LogP contribution < -0.4 is 15.2 Å². The molecule has 114 valence electrons. The van der Waals surface area contributed by atoms with Crippen LogP contribution in [0.2, 0.25) is 0 Å². The number of benzene rings is 1. The van der Waals surface area contributed by atoms with Gasteiger partial charge >= 0.3 is 0 Å². The van der Waals surface area contributed by atoms with Crippen molar-refractivity contribution in [3.05, 3.63) is 18.2 Å². The van der Waals surface area contributed by atoms with E-state index in [4.69, 9.17) is 20.6 Å². The molecule has 3 N–H and O–H groups in total. The molecule has 2 heterocycles. The molecule has 2 aliphatic heterocycles. The van der Waals surface area contributed by atoms with Gasteiger partial charge in [-0.05, 0) is 25.0 Å². The van der Waals surface area contributed by atoms with Crippen molar-refractivity contribution >= 4 is 15.9 Å². The Balaban J connectivity index is 1.96. The number of hydrogen-bond acceptors (Lipinski definition) is 5. The Bertz CT molecular complexity index is 674. The van der Waals surface area contributed by atoms with Crippen molar-refractivity contribution in [3.8, 4) is 11.5 Å². The molecular weight excluding hydrogens is 294 g/mol. The number of nitrogens with zero attached hydrogens (tertiary/aromatic N) is 1. The van der Waals surface area contributed by atoms with Crippen molar-refractivity contribution in [2.24, 2.45) is 5.73 Å². The molecule has 0 aliphatic carbocycles. The average molecular weight is 311 g/mol. The maximum atomic E-state index is 12.7. The molecule has 0 radical (unpaired) electrons. The van der Waals surface area contributed by atoms with Gasteiger partial charge in [-0.2, -0.15) is 4.31 Å². The van der Waals surface area contributed by atoms with Gasteiger partial charge in [0.1, 0.15) is 19.0 Å². The van der Waals surface area contributed by atoms with Gasteiger partial charge in [0.2, 0.25) is 10.0 Å². The molecule has 2 aliphatic rings. The molecular formula is C13H17N3O4S. The summed E-state index contributed by atoms with van der Waals surface area (Å²) in [5, 5.41) is 7.54. The standard InChI is InChI=1S/C13H17N3O4S/c14-13(15)10-2-1-5-16(10)21(17,18)9-3-4-11-12(8-9)20-7-6-19-11/h3-4,8,10H,1-2,5-7H2,(H3,14,15). The van der Waals surface area contributed by atoms with E-state index >= 15 is 0 Å². The number of rotatable bonds is 3. The van der Waals surface area contributed by atoms with Crippen LogP contribution in [0.5, 0.6) is 11.5 Å². The second-order valence-electron chi connectivity index (χ2n) is 5.03. The van der Waals surface area contributed by atoms with E-state index in [-0.39, 0.29) is 10.7 Å². The van der Waals surface area contributed by atoms with E-state index in [1.54, 1.807) is 6.07 Å². The number of sulfonamides is 1. The number of nitrogens with two attached hydrogens (primary N) is 1. The number of ether oxygens (including phenoxy) is 2. The predicted octanol–water partition coefficient (Wildman–Crippen LogP) is 0.547. The van der Waals surface area contributed by atoms with Gasteiger partial charge in [-0.25, -0.2) is 8.42 Å². The summed E-state index contributed by atoms with van der Waals surface area (Å²) in [7, 11) is -3.69. The Labute approximate surface area is 123 Å². The summed E-state index contributed by atoms with van der Waals surface area (Å²) in [6, 6.07) is 4.01. The van der Waals surface area contributed by atoms with Crippen molar-refractivity contribution in [2.45, 2.75) is 23.8 Å². The van der Waals surface area contributed by atoms with E-state index in [2.05, 4.69) is 0 Å². The van der Waals surface area contributed by atoms with Crippen LogP contribution >= 0.6 is 0 Å². The van der Waals surface area contributed by atoms with Crippen molar-refractivity contribution in [1.82, 2.24) is 4.31 Å². The smallest absolute Gasteiger partial charge is 0.243 e. The van der Waals surface area contributed by atoms with Gasteiger partial charge in [0.05, 0.1) is 10.9 Å². The lowest BCUT2D eigenvalue weighted by atomic mass is 10.2. The average Bonchev–Trinajstić information content (AvgIpc) is 2.97. The molecule has 0 saturated carbocycles. The molecule has 0 bridgehead atoms. The summed E-state index contributed by atoms with van der Waals surface area (Å²) in [6.45, 7) is 1.23. The number of fused-ring (bicyclic) bond motifs is 1. The topological polar surface area (TPSA) is 106 Å². The largest absolute Gasteiger partial charge is 0.486 e. The molecule has 1 aromatic carbocycles. The molecule has 0 aromatic heterocycles. The van der Waals surface area contributed by atoms with Crippen molar-refractivity contribution in [1.29, 1.82) is 5.41 Å². The fourth-order valence-corrected chi connectivity index (χ4v) is 4.35. The van der Waals surface area contributed by atoms with Gasteiger partial charge in [-0.3, -0.25) is 5.41 Å². The highest BCUT2D eigenvalue weighted by molar-refractivity contribution is 7.89. The van der Waals surface area contributed by atoms with Crippen molar-refractivity contribution in [3.63, 3.8) is 0 Å². The number of hydrogen-bond donors (Lipinski definition) is 2. The molecule has 3 rings (SSSR count). The predicted molar refractivity (Wildman–Crippen MR) is 76.3 cm³/mol. The van der Waals surface area contributed by atoms with E-state index in [0.717, 1.165) is 0 Å². The van der Waals surface area contributed by atoms with Gasteiger partial charge < -0.3 is 15.2 Å². The molecule has 21 heavy (non-hydrogen) atoms. The molecule has 8 heteroatoms. The zero-order valence-corrected chi connectivity index (χ0v) is 12.2. The SMILES string of the molecule is N=C(N)C1CCCN1S(=O)(=O)c1ccc2c(c1)OCCO2. The quantitative estimate of drug-likeness (QED) is 0.626. The molecule has 1 fully saturated rings. The third-order valence-electron chi connectivity index (χ3n) is 3.68. The second kappa shape index (κ2) is 5.19. The van der Waals surface area contributed by atoms with Crippen LogP contribution in [0.25, 0.3) is 0 Å². The number of nitrogens with one attached hydrogen (secondary N) is 1. The van der Waals surface area contributed by atoms with Crippen LogP contribution in [0.3, 0.4) is 0 Å². The summed E-state index contributed by atoms with van der Waals surface area (Å²) < 4.78 is 37.5. The van der Waals surface area contributed by atoms with Gasteiger partial charge in [-0.15, -0.1) is 0 Å². The van der Waals surface area contributed by atoms with E-state index in [1.807, 2.05) is 0 Å². The van der Waals surface area contributed by atoms with Gasteiger partial charge in [0, 0.05) is 12.6 Å². The minimum Gasteiger partial charge on any atom is -0.486 e. The van der Waals surface area contributed by atoms with Gasteiger partial charge in [0.15, 0.2) is 11.5 Å². The first-order valence-corrected chi connectivity index (χ1v) is 8.19. The highest BCUT2D eigenvalue weighted by atomic mass is 32.2. The fraction of sp³-hybridized carbons (Fsp3) is 0.462. The minimum atomic E-state index is -3.69. The Morgan fingerprint density at radius 2 is 2.00 bits per heavy atom. The van der Waals surface area contributed by atoms with Crippen LogP contribution in [0.1, 0.15) is 12.8 Å². The lowest BCUT2D eigenvalue weighted by Gasteiger charge is -2.24. The third-order valence-corrected chi connectivity index (χ3v) is 5.59. The summed E-state index contributed by atoms with van der Waals surface area (Å²) >= 11 is 0. The van der Waals surface area contributed by atoms with Gasteiger partial charge in [0.25, 0.3) is 0 Å². The summed E-state index contributed by atoms with van der Waals surface area (Å²) in [5.74, 6) is 0.860. The third kappa shape index (κ3) is 2.44. The lowest BCUT2D eigenvalue weighted by molar-refractivity contribution is 0.171. The molecule has 0 spiro atoms. The molecule has 1 unspecified atom stereocenters. The van der Waals surface area contributed by atoms with Crippen LogP contribution in [0.4, 0.5) is 0 Å². The monoisotopic (exact) mass is 311 g/mol. The Morgan fingerprint density at radius 1 is 1.29 bits per heavy atom. The van der Waals surface area contributed by atoms with Crippen LogP contribution in [-0.2, 0) is 10.0 Å². The highest BCUT2D eigenvalue weighted by Crippen LogP contribution is 2.34. The van der Waals surface area contributed by atoms with Crippen molar-refractivity contribution < 1.29 is 17.9 Å². The molecule has 1 atom stereocenters. The van der Waals surface area contributed by atoms with E-state index in [0.29, 0.717) is 44.1 Å². The summed E-state index contributed by atoms with van der Waals surface area (Å²) in [4.78, 5) is 0.139. The zero-order chi connectivity index (χ0) is 15.0.